The number of pyridine rings is 1. The van der Waals surface area contributed by atoms with Crippen molar-refractivity contribution in [2.45, 2.75) is 40.3 Å². The van der Waals surface area contributed by atoms with Gasteiger partial charge in [0.1, 0.15) is 0 Å². The van der Waals surface area contributed by atoms with E-state index in [1.807, 2.05) is 23.2 Å². The number of aromatic nitrogens is 1. The molecule has 0 bridgehead atoms. The molecule has 0 saturated carbocycles. The Morgan fingerprint density at radius 3 is 2.63 bits per heavy atom. The van der Waals surface area contributed by atoms with Crippen molar-refractivity contribution >= 4 is 5.91 Å². The van der Waals surface area contributed by atoms with Crippen molar-refractivity contribution in [1.29, 1.82) is 0 Å². The number of hydrogen-bond donors (Lipinski definition) is 1. The number of nitrogens with zero attached hydrogens (tertiary/aromatic N) is 2. The molecule has 0 spiro atoms. The van der Waals surface area contributed by atoms with Gasteiger partial charge in [0.25, 0.3) is 0 Å². The molecule has 4 heteroatoms. The van der Waals surface area contributed by atoms with E-state index in [9.17, 15) is 4.79 Å². The van der Waals surface area contributed by atoms with Gasteiger partial charge in [-0.1, -0.05) is 19.9 Å². The van der Waals surface area contributed by atoms with E-state index < -0.39 is 0 Å². The third-order valence-electron chi connectivity index (χ3n) is 2.83. The first-order chi connectivity index (χ1) is 9.00. The summed E-state index contributed by atoms with van der Waals surface area (Å²) >= 11 is 0. The zero-order valence-corrected chi connectivity index (χ0v) is 12.4. The lowest BCUT2D eigenvalue weighted by Gasteiger charge is -2.28. The van der Waals surface area contributed by atoms with Gasteiger partial charge in [0.2, 0.25) is 5.91 Å². The van der Waals surface area contributed by atoms with Crippen molar-refractivity contribution in [1.82, 2.24) is 15.2 Å². The van der Waals surface area contributed by atoms with E-state index in [0.717, 1.165) is 12.1 Å². The van der Waals surface area contributed by atoms with Crippen LogP contribution in [0.5, 0.6) is 0 Å². The van der Waals surface area contributed by atoms with Gasteiger partial charge < -0.3 is 10.2 Å². The fourth-order valence-electron chi connectivity index (χ4n) is 1.91. The van der Waals surface area contributed by atoms with Crippen LogP contribution in [0.3, 0.4) is 0 Å². The highest BCUT2D eigenvalue weighted by Gasteiger charge is 2.17. The molecular weight excluding hydrogens is 238 g/mol. The van der Waals surface area contributed by atoms with Crippen LogP contribution >= 0.6 is 0 Å². The third kappa shape index (κ3) is 5.83. The van der Waals surface area contributed by atoms with Crippen LogP contribution in [0, 0.1) is 5.92 Å². The van der Waals surface area contributed by atoms with Gasteiger partial charge in [0, 0.05) is 31.5 Å². The molecule has 1 amide bonds. The lowest BCUT2D eigenvalue weighted by Crippen LogP contribution is -2.44. The second kappa shape index (κ2) is 7.89. The van der Waals surface area contributed by atoms with Crippen molar-refractivity contribution in [3.8, 4) is 0 Å². The van der Waals surface area contributed by atoms with E-state index >= 15 is 0 Å². The average molecular weight is 263 g/mol. The molecule has 0 radical (unpaired) electrons. The van der Waals surface area contributed by atoms with Crippen molar-refractivity contribution < 1.29 is 4.79 Å². The Labute approximate surface area is 116 Å². The maximum Gasteiger partial charge on any atom is 0.236 e. The summed E-state index contributed by atoms with van der Waals surface area (Å²) in [6.07, 6.45) is 3.56. The molecule has 4 nitrogen and oxygen atoms in total. The predicted molar refractivity (Wildman–Crippen MR) is 77.6 cm³/mol. The van der Waals surface area contributed by atoms with Gasteiger partial charge in [-0.15, -0.1) is 0 Å². The molecule has 0 aliphatic heterocycles. The lowest BCUT2D eigenvalue weighted by atomic mass is 10.1. The molecule has 0 aliphatic rings. The summed E-state index contributed by atoms with van der Waals surface area (Å²) in [5, 5.41) is 3.18. The maximum atomic E-state index is 12.2. The van der Waals surface area contributed by atoms with Crippen LogP contribution in [-0.2, 0) is 11.3 Å². The zero-order chi connectivity index (χ0) is 14.3. The average Bonchev–Trinajstić information content (AvgIpc) is 2.36. The van der Waals surface area contributed by atoms with Gasteiger partial charge in [0.05, 0.1) is 6.54 Å². The van der Waals surface area contributed by atoms with E-state index in [1.54, 1.807) is 6.20 Å². The number of rotatable bonds is 7. The van der Waals surface area contributed by atoms with E-state index in [2.05, 4.69) is 38.0 Å². The fourth-order valence-corrected chi connectivity index (χ4v) is 1.91. The Balaban J connectivity index is 2.40. The van der Waals surface area contributed by atoms with Crippen LogP contribution in [0.4, 0.5) is 0 Å². The van der Waals surface area contributed by atoms with Gasteiger partial charge in [-0.3, -0.25) is 9.78 Å². The molecule has 1 aromatic heterocycles. The first kappa shape index (κ1) is 15.6. The predicted octanol–water partition coefficient (Wildman–Crippen LogP) is 2.06. The maximum absolute atomic E-state index is 12.2. The zero-order valence-electron chi connectivity index (χ0n) is 12.4. The molecule has 0 aliphatic carbocycles. The minimum absolute atomic E-state index is 0.160. The monoisotopic (exact) mass is 263 g/mol. The Bertz CT molecular complexity index is 376. The fraction of sp³-hybridized carbons (Fsp3) is 0.600. The highest BCUT2D eigenvalue weighted by atomic mass is 16.2. The van der Waals surface area contributed by atoms with E-state index in [1.165, 1.54) is 0 Å². The number of amides is 1. The van der Waals surface area contributed by atoms with Crippen molar-refractivity contribution in [2.24, 2.45) is 5.92 Å². The molecule has 1 rings (SSSR count). The van der Waals surface area contributed by atoms with E-state index in [-0.39, 0.29) is 11.9 Å². The first-order valence-corrected chi connectivity index (χ1v) is 6.89. The third-order valence-corrected chi connectivity index (χ3v) is 2.83. The molecular formula is C15H25N3O. The molecule has 1 aromatic rings. The number of carbonyl (C=O) groups excluding carboxylic acids is 1. The van der Waals surface area contributed by atoms with Crippen LogP contribution in [0.15, 0.2) is 24.5 Å². The number of nitrogens with one attached hydrogen (secondary N) is 1. The van der Waals surface area contributed by atoms with Crippen LogP contribution in [0.25, 0.3) is 0 Å². The van der Waals surface area contributed by atoms with Gasteiger partial charge in [-0.2, -0.15) is 0 Å². The largest absolute Gasteiger partial charge is 0.339 e. The van der Waals surface area contributed by atoms with Crippen LogP contribution in [0.1, 0.15) is 33.3 Å². The van der Waals surface area contributed by atoms with Gasteiger partial charge in [-0.25, -0.2) is 0 Å². The van der Waals surface area contributed by atoms with Crippen molar-refractivity contribution in [3.05, 3.63) is 30.1 Å². The number of hydrogen-bond acceptors (Lipinski definition) is 3. The van der Waals surface area contributed by atoms with Crippen molar-refractivity contribution in [3.63, 3.8) is 0 Å². The van der Waals surface area contributed by atoms with Gasteiger partial charge >= 0.3 is 0 Å². The SMILES string of the molecule is CC(C)CN(C(=O)CNCc1cccnc1)C(C)C. The quantitative estimate of drug-likeness (QED) is 0.819. The Hall–Kier alpha value is -1.42. The standard InChI is InChI=1S/C15H25N3O/c1-12(2)11-18(13(3)4)15(19)10-17-9-14-6-5-7-16-8-14/h5-8,12-13,17H,9-11H2,1-4H3. The molecule has 0 aromatic carbocycles. The highest BCUT2D eigenvalue weighted by molar-refractivity contribution is 5.78. The second-order valence-corrected chi connectivity index (χ2v) is 5.50. The second-order valence-electron chi connectivity index (χ2n) is 5.50. The van der Waals surface area contributed by atoms with Crippen molar-refractivity contribution in [2.75, 3.05) is 13.1 Å². The van der Waals surface area contributed by atoms with Crippen LogP contribution in [-0.4, -0.2) is 34.9 Å². The summed E-state index contributed by atoms with van der Waals surface area (Å²) in [6.45, 7) is 10.2. The summed E-state index contributed by atoms with van der Waals surface area (Å²) in [5.74, 6) is 0.650. The van der Waals surface area contributed by atoms with Gasteiger partial charge in [0.15, 0.2) is 0 Å². The number of carbonyl (C=O) groups is 1. The molecule has 1 N–H and O–H groups in total. The summed E-state index contributed by atoms with van der Waals surface area (Å²) in [4.78, 5) is 18.1. The van der Waals surface area contributed by atoms with Crippen LogP contribution in [0.2, 0.25) is 0 Å². The summed E-state index contributed by atoms with van der Waals surface area (Å²) in [6, 6.07) is 4.15. The molecule has 19 heavy (non-hydrogen) atoms. The summed E-state index contributed by atoms with van der Waals surface area (Å²) < 4.78 is 0. The summed E-state index contributed by atoms with van der Waals surface area (Å²) in [7, 11) is 0. The first-order valence-electron chi connectivity index (χ1n) is 6.89. The van der Waals surface area contributed by atoms with Crippen LogP contribution < -0.4 is 5.32 Å². The minimum Gasteiger partial charge on any atom is -0.339 e. The van der Waals surface area contributed by atoms with E-state index in [4.69, 9.17) is 0 Å². The lowest BCUT2D eigenvalue weighted by molar-refractivity contribution is -0.132. The Morgan fingerprint density at radius 1 is 1.37 bits per heavy atom. The minimum atomic E-state index is 0.160. The van der Waals surface area contributed by atoms with E-state index in [0.29, 0.717) is 19.0 Å². The smallest absolute Gasteiger partial charge is 0.236 e. The molecule has 0 fully saturated rings. The molecule has 1 heterocycles. The Morgan fingerprint density at radius 2 is 2.11 bits per heavy atom. The molecule has 0 unspecified atom stereocenters. The highest BCUT2D eigenvalue weighted by Crippen LogP contribution is 2.04. The normalized spacial score (nSPS) is 11.1. The van der Waals surface area contributed by atoms with Gasteiger partial charge in [-0.05, 0) is 31.4 Å². The Kier molecular flexibility index (Phi) is 6.50. The molecule has 0 saturated heterocycles. The molecule has 106 valence electrons. The topological polar surface area (TPSA) is 45.2 Å². The summed E-state index contributed by atoms with van der Waals surface area (Å²) in [5.41, 5.74) is 1.09. The molecule has 0 atom stereocenters.